The van der Waals surface area contributed by atoms with E-state index in [0.717, 1.165) is 12.5 Å². The molecule has 0 saturated carbocycles. The highest BCUT2D eigenvalue weighted by atomic mass is 32.2. The van der Waals surface area contributed by atoms with Crippen LogP contribution in [-0.2, 0) is 4.74 Å². The molecule has 19 heavy (non-hydrogen) atoms. The summed E-state index contributed by atoms with van der Waals surface area (Å²) in [7, 11) is 2.07. The Bertz CT molecular complexity index is 281. The standard InChI is InChI=1S/C16H31NOS/c1-13(17-4)11-15(2,3)14-5-8-18-16(12-14)6-9-19-10-7-16/h13-14,17H,5-12H2,1-4H3. The largest absolute Gasteiger partial charge is 0.375 e. The Labute approximate surface area is 123 Å². The van der Waals surface area contributed by atoms with E-state index in [9.17, 15) is 0 Å². The first-order valence-electron chi connectivity index (χ1n) is 7.86. The number of ether oxygens (including phenoxy) is 1. The SMILES string of the molecule is CNC(C)CC(C)(C)C1CCOC2(CCSCC2)C1. The molecule has 0 radical (unpaired) electrons. The predicted octanol–water partition coefficient (Wildman–Crippen LogP) is 3.70. The zero-order chi connectivity index (χ0) is 13.9. The second-order valence-electron chi connectivity index (χ2n) is 7.22. The highest BCUT2D eigenvalue weighted by molar-refractivity contribution is 7.99. The van der Waals surface area contributed by atoms with Crippen molar-refractivity contribution in [3.8, 4) is 0 Å². The maximum absolute atomic E-state index is 6.23. The molecule has 112 valence electrons. The highest BCUT2D eigenvalue weighted by Crippen LogP contribution is 2.47. The summed E-state index contributed by atoms with van der Waals surface area (Å²) in [5.74, 6) is 3.40. The molecule has 2 rings (SSSR count). The molecule has 0 amide bonds. The molecule has 2 nitrogen and oxygen atoms in total. The molecular formula is C16H31NOS. The van der Waals surface area contributed by atoms with Crippen molar-refractivity contribution in [3.05, 3.63) is 0 Å². The van der Waals surface area contributed by atoms with Crippen LogP contribution in [0.25, 0.3) is 0 Å². The molecule has 2 aliphatic heterocycles. The average Bonchev–Trinajstić information content (AvgIpc) is 2.39. The highest BCUT2D eigenvalue weighted by Gasteiger charge is 2.43. The third-order valence-corrected chi connectivity index (χ3v) is 6.31. The van der Waals surface area contributed by atoms with Crippen LogP contribution in [0.5, 0.6) is 0 Å². The lowest BCUT2D eigenvalue weighted by atomic mass is 9.67. The van der Waals surface area contributed by atoms with Crippen LogP contribution in [0, 0.1) is 11.3 Å². The molecule has 2 fully saturated rings. The van der Waals surface area contributed by atoms with E-state index < -0.39 is 0 Å². The van der Waals surface area contributed by atoms with E-state index in [2.05, 4.69) is 44.9 Å². The van der Waals surface area contributed by atoms with E-state index in [1.165, 1.54) is 43.6 Å². The van der Waals surface area contributed by atoms with Crippen LogP contribution in [0.15, 0.2) is 0 Å². The molecule has 2 aliphatic rings. The topological polar surface area (TPSA) is 21.3 Å². The molecule has 0 aromatic rings. The number of rotatable bonds is 4. The van der Waals surface area contributed by atoms with Crippen molar-refractivity contribution in [1.29, 1.82) is 0 Å². The van der Waals surface area contributed by atoms with E-state index in [-0.39, 0.29) is 5.60 Å². The van der Waals surface area contributed by atoms with Gasteiger partial charge in [-0.15, -0.1) is 0 Å². The summed E-state index contributed by atoms with van der Waals surface area (Å²) in [6.07, 6.45) is 6.34. The minimum absolute atomic E-state index is 0.230. The van der Waals surface area contributed by atoms with Crippen molar-refractivity contribution in [2.75, 3.05) is 25.2 Å². The van der Waals surface area contributed by atoms with Gasteiger partial charge in [-0.3, -0.25) is 0 Å². The van der Waals surface area contributed by atoms with Gasteiger partial charge in [-0.05, 0) is 68.9 Å². The van der Waals surface area contributed by atoms with Crippen LogP contribution in [-0.4, -0.2) is 36.8 Å². The quantitative estimate of drug-likeness (QED) is 0.851. The maximum Gasteiger partial charge on any atom is 0.0701 e. The van der Waals surface area contributed by atoms with Crippen LogP contribution < -0.4 is 5.32 Å². The van der Waals surface area contributed by atoms with Crippen molar-refractivity contribution < 1.29 is 4.74 Å². The van der Waals surface area contributed by atoms with Gasteiger partial charge in [0.1, 0.15) is 0 Å². The molecule has 3 heteroatoms. The average molecular weight is 285 g/mol. The first-order chi connectivity index (χ1) is 8.97. The number of nitrogens with one attached hydrogen (secondary N) is 1. The summed E-state index contributed by atoms with van der Waals surface area (Å²) < 4.78 is 6.23. The zero-order valence-corrected chi connectivity index (χ0v) is 13.9. The lowest BCUT2D eigenvalue weighted by molar-refractivity contribution is -0.121. The second-order valence-corrected chi connectivity index (χ2v) is 8.44. The first kappa shape index (κ1) is 15.7. The van der Waals surface area contributed by atoms with Gasteiger partial charge >= 0.3 is 0 Å². The molecule has 0 aromatic heterocycles. The first-order valence-corrected chi connectivity index (χ1v) is 9.02. The third-order valence-electron chi connectivity index (χ3n) is 5.33. The fraction of sp³-hybridized carbons (Fsp3) is 1.00. The summed E-state index contributed by atoms with van der Waals surface area (Å²) in [6.45, 7) is 8.20. The lowest BCUT2D eigenvalue weighted by Crippen LogP contribution is -2.47. The Morgan fingerprint density at radius 1 is 1.37 bits per heavy atom. The second kappa shape index (κ2) is 6.36. The fourth-order valence-electron chi connectivity index (χ4n) is 3.84. The smallest absolute Gasteiger partial charge is 0.0701 e. The Morgan fingerprint density at radius 2 is 2.05 bits per heavy atom. The maximum atomic E-state index is 6.23. The van der Waals surface area contributed by atoms with Crippen LogP contribution in [0.4, 0.5) is 0 Å². The number of hydrogen-bond acceptors (Lipinski definition) is 3. The van der Waals surface area contributed by atoms with E-state index in [1.54, 1.807) is 0 Å². The van der Waals surface area contributed by atoms with Gasteiger partial charge in [0.05, 0.1) is 5.60 Å². The third kappa shape index (κ3) is 3.89. The minimum atomic E-state index is 0.230. The summed E-state index contributed by atoms with van der Waals surface area (Å²) in [5.41, 5.74) is 0.651. The number of thioether (sulfide) groups is 1. The van der Waals surface area contributed by atoms with Crippen molar-refractivity contribution in [3.63, 3.8) is 0 Å². The van der Waals surface area contributed by atoms with Gasteiger partial charge in [0.25, 0.3) is 0 Å². The zero-order valence-electron chi connectivity index (χ0n) is 13.1. The molecule has 2 saturated heterocycles. The molecule has 0 aromatic carbocycles. The molecular weight excluding hydrogens is 254 g/mol. The lowest BCUT2D eigenvalue weighted by Gasteiger charge is -2.48. The summed E-state index contributed by atoms with van der Waals surface area (Å²) in [6, 6.07) is 0.607. The van der Waals surface area contributed by atoms with E-state index >= 15 is 0 Å². The van der Waals surface area contributed by atoms with Gasteiger partial charge in [-0.1, -0.05) is 13.8 Å². The van der Waals surface area contributed by atoms with Crippen molar-refractivity contribution >= 4 is 11.8 Å². The summed E-state index contributed by atoms with van der Waals surface area (Å²) in [5, 5.41) is 3.40. The summed E-state index contributed by atoms with van der Waals surface area (Å²) >= 11 is 2.10. The van der Waals surface area contributed by atoms with E-state index in [1.807, 2.05) is 0 Å². The molecule has 1 N–H and O–H groups in total. The molecule has 1 spiro atoms. The molecule has 0 aliphatic carbocycles. The van der Waals surface area contributed by atoms with Crippen LogP contribution in [0.3, 0.4) is 0 Å². The monoisotopic (exact) mass is 285 g/mol. The fourth-order valence-corrected chi connectivity index (χ4v) is 5.08. The van der Waals surface area contributed by atoms with E-state index in [0.29, 0.717) is 11.5 Å². The molecule has 2 heterocycles. The molecule has 2 atom stereocenters. The molecule has 0 bridgehead atoms. The Kier molecular flexibility index (Phi) is 5.24. The van der Waals surface area contributed by atoms with Crippen LogP contribution in [0.1, 0.15) is 52.9 Å². The predicted molar refractivity (Wildman–Crippen MR) is 84.9 cm³/mol. The number of hydrogen-bond donors (Lipinski definition) is 1. The van der Waals surface area contributed by atoms with Gasteiger partial charge in [-0.25, -0.2) is 0 Å². The van der Waals surface area contributed by atoms with Crippen molar-refractivity contribution in [2.24, 2.45) is 11.3 Å². The normalized spacial score (nSPS) is 29.4. The van der Waals surface area contributed by atoms with Gasteiger partial charge in [0, 0.05) is 12.6 Å². The van der Waals surface area contributed by atoms with Crippen molar-refractivity contribution in [1.82, 2.24) is 5.32 Å². The van der Waals surface area contributed by atoms with Crippen molar-refractivity contribution in [2.45, 2.75) is 64.5 Å². The van der Waals surface area contributed by atoms with Gasteiger partial charge in [0.2, 0.25) is 0 Å². The van der Waals surface area contributed by atoms with Gasteiger partial charge in [-0.2, -0.15) is 11.8 Å². The van der Waals surface area contributed by atoms with Crippen LogP contribution in [0.2, 0.25) is 0 Å². The Morgan fingerprint density at radius 3 is 2.68 bits per heavy atom. The summed E-state index contributed by atoms with van der Waals surface area (Å²) in [4.78, 5) is 0. The van der Waals surface area contributed by atoms with Gasteiger partial charge in [0.15, 0.2) is 0 Å². The van der Waals surface area contributed by atoms with Crippen LogP contribution >= 0.6 is 11.8 Å². The van der Waals surface area contributed by atoms with E-state index in [4.69, 9.17) is 4.74 Å². The minimum Gasteiger partial charge on any atom is -0.375 e. The molecule has 2 unspecified atom stereocenters. The Hall–Kier alpha value is 0.270. The van der Waals surface area contributed by atoms with Gasteiger partial charge < -0.3 is 10.1 Å². The Balaban J connectivity index is 1.99.